The summed E-state index contributed by atoms with van der Waals surface area (Å²) < 4.78 is 54.9. The number of hydroxylamine groups is 1. The molecule has 16 heteroatoms. The maximum atomic E-state index is 13.1. The number of aliphatic hydroxyl groups excluding tert-OH is 1. The van der Waals surface area contributed by atoms with E-state index in [9.17, 15) is 28.3 Å². The van der Waals surface area contributed by atoms with Gasteiger partial charge in [0.05, 0.1) is 25.9 Å². The molecule has 1 atom stereocenters. The molecule has 0 aromatic heterocycles. The van der Waals surface area contributed by atoms with Crippen molar-refractivity contribution in [1.82, 2.24) is 20.6 Å². The van der Waals surface area contributed by atoms with Gasteiger partial charge < -0.3 is 34.1 Å². The molecule has 6 heterocycles. The lowest BCUT2D eigenvalue weighted by Crippen LogP contribution is -2.50. The van der Waals surface area contributed by atoms with Gasteiger partial charge in [0, 0.05) is 51.3 Å². The van der Waals surface area contributed by atoms with Gasteiger partial charge in [0.2, 0.25) is 0 Å². The Balaban J connectivity index is 0.000000139. The Labute approximate surface area is 430 Å². The van der Waals surface area contributed by atoms with Crippen LogP contribution in [0.1, 0.15) is 123 Å². The minimum Gasteiger partial charge on any atom is -0.486 e. The molecule has 3 fully saturated rings. The fourth-order valence-electron chi connectivity index (χ4n) is 11.3. The van der Waals surface area contributed by atoms with E-state index in [-0.39, 0.29) is 28.8 Å². The third-order valence-corrected chi connectivity index (χ3v) is 15.7. The number of carbonyl (C=O) groups is 3. The number of likely N-dealkylation sites (tertiary alicyclic amines) is 2. The highest BCUT2D eigenvalue weighted by atomic mass is 19.1. The summed E-state index contributed by atoms with van der Waals surface area (Å²) in [6.07, 6.45) is 8.89. The average Bonchev–Trinajstić information content (AvgIpc) is 3.43. The maximum absolute atomic E-state index is 13.1. The van der Waals surface area contributed by atoms with E-state index >= 15 is 0 Å². The molecule has 0 saturated carbocycles. The molecule has 3 saturated heterocycles. The smallest absolute Gasteiger partial charge is 0.341 e. The standard InChI is InChI=1S/C22H24FNO4.C21H23FN2O3.C15H19NO3/c1-27-21(26)18-4-2-3-17-19(25)13-22(28-20(17)18)9-11-24(12-10-22)14-15-5-7-16(23)8-6-15;22-17-6-4-15(5-7-17)14-24-12-10-21(11-13-24)9-8-16-2-1-3-18(19(16)27-21)20(25)23-26;1-18-14(17)12-4-2-3-11-5-6-15(19-13(11)12)7-9-16-10-8-15/h2-8,19,25H,9-14H2,1H3;1-7,26H,8-14H2,(H,23,25);2-4,16H,5-10H2,1H3. The lowest BCUT2D eigenvalue weighted by atomic mass is 9.81. The predicted molar refractivity (Wildman–Crippen MR) is 271 cm³/mol. The van der Waals surface area contributed by atoms with Crippen molar-refractivity contribution >= 4 is 17.8 Å². The molecule has 11 rings (SSSR count). The van der Waals surface area contributed by atoms with Crippen LogP contribution >= 0.6 is 0 Å². The number of aryl methyl sites for hydroxylation is 2. The molecule has 5 aromatic carbocycles. The molecule has 392 valence electrons. The molecule has 1 unspecified atom stereocenters. The van der Waals surface area contributed by atoms with Gasteiger partial charge in [0.1, 0.15) is 56.8 Å². The zero-order chi connectivity index (χ0) is 51.9. The quantitative estimate of drug-likeness (QED) is 0.0695. The summed E-state index contributed by atoms with van der Waals surface area (Å²) in [6.45, 7) is 6.90. The molecular formula is C58H66F2N4O10. The SMILES string of the molecule is COC(=O)c1cccc2c1OC1(CCN(Cc3ccc(F)cc3)CC1)CC2O.COC(=O)c1cccc2c1OC1(CCNCC1)CC2.O=C(NO)c1cccc2c1OC1(CC2)CCN(Cc2ccc(F)cc2)CC1. The Hall–Kier alpha value is -6.43. The Morgan fingerprint density at radius 2 is 1.03 bits per heavy atom. The van der Waals surface area contributed by atoms with Crippen molar-refractivity contribution in [1.29, 1.82) is 0 Å². The number of piperidine rings is 3. The van der Waals surface area contributed by atoms with Crippen LogP contribution in [0.3, 0.4) is 0 Å². The Bertz CT molecular complexity index is 2770. The minimum atomic E-state index is -0.669. The Morgan fingerprint density at radius 1 is 0.595 bits per heavy atom. The van der Waals surface area contributed by atoms with Crippen molar-refractivity contribution in [3.63, 3.8) is 0 Å². The topological polar surface area (TPSA) is 168 Å². The lowest BCUT2D eigenvalue weighted by molar-refractivity contribution is -0.0557. The van der Waals surface area contributed by atoms with Gasteiger partial charge in [-0.25, -0.2) is 23.9 Å². The molecule has 3 spiro atoms. The van der Waals surface area contributed by atoms with Crippen molar-refractivity contribution in [2.75, 3.05) is 53.5 Å². The largest absolute Gasteiger partial charge is 0.486 e. The van der Waals surface area contributed by atoms with E-state index in [2.05, 4.69) is 15.1 Å². The van der Waals surface area contributed by atoms with Crippen molar-refractivity contribution in [3.05, 3.63) is 159 Å². The highest BCUT2D eigenvalue weighted by molar-refractivity contribution is 5.97. The number of methoxy groups -OCH3 is 2. The first-order chi connectivity index (χ1) is 35.8. The van der Waals surface area contributed by atoms with Crippen LogP contribution in [0.4, 0.5) is 8.78 Å². The van der Waals surface area contributed by atoms with E-state index in [0.717, 1.165) is 145 Å². The van der Waals surface area contributed by atoms with Gasteiger partial charge in [-0.15, -0.1) is 0 Å². The van der Waals surface area contributed by atoms with Gasteiger partial charge in [0.15, 0.2) is 0 Å². The van der Waals surface area contributed by atoms with Gasteiger partial charge >= 0.3 is 11.9 Å². The molecule has 6 aliphatic rings. The third-order valence-electron chi connectivity index (χ3n) is 15.7. The zero-order valence-electron chi connectivity index (χ0n) is 42.1. The molecule has 1 amide bonds. The predicted octanol–water partition coefficient (Wildman–Crippen LogP) is 8.69. The molecule has 0 bridgehead atoms. The summed E-state index contributed by atoms with van der Waals surface area (Å²) in [5.41, 5.74) is 7.08. The maximum Gasteiger partial charge on any atom is 0.341 e. The van der Waals surface area contributed by atoms with Crippen LogP contribution in [0, 0.1) is 11.6 Å². The van der Waals surface area contributed by atoms with E-state index in [1.807, 2.05) is 36.4 Å². The second-order valence-corrected chi connectivity index (χ2v) is 20.4. The molecule has 74 heavy (non-hydrogen) atoms. The first kappa shape index (κ1) is 52.4. The normalized spacial score (nSPS) is 20.0. The number of aliphatic hydroxyl groups is 1. The second-order valence-electron chi connectivity index (χ2n) is 20.4. The summed E-state index contributed by atoms with van der Waals surface area (Å²) in [7, 11) is 2.75. The lowest BCUT2D eigenvalue weighted by Gasteiger charge is -2.46. The van der Waals surface area contributed by atoms with Crippen molar-refractivity contribution in [2.24, 2.45) is 0 Å². The monoisotopic (exact) mass is 1020 g/mol. The minimum absolute atomic E-state index is 0.0949. The number of halogens is 2. The number of hydrogen-bond acceptors (Lipinski definition) is 13. The average molecular weight is 1020 g/mol. The zero-order valence-corrected chi connectivity index (χ0v) is 42.1. The van der Waals surface area contributed by atoms with E-state index in [0.29, 0.717) is 40.2 Å². The Kier molecular flexibility index (Phi) is 16.3. The Morgan fingerprint density at radius 3 is 1.53 bits per heavy atom. The summed E-state index contributed by atoms with van der Waals surface area (Å²) in [4.78, 5) is 40.6. The molecule has 5 aromatic rings. The fraction of sp³-hybridized carbons (Fsp3) is 0.431. The van der Waals surface area contributed by atoms with Crippen molar-refractivity contribution < 1.29 is 57.2 Å². The number of esters is 2. The van der Waals surface area contributed by atoms with Crippen LogP contribution in [0.15, 0.2) is 103 Å². The summed E-state index contributed by atoms with van der Waals surface area (Å²) in [6, 6.07) is 29.6. The first-order valence-electron chi connectivity index (χ1n) is 25.7. The number of ether oxygens (including phenoxy) is 5. The van der Waals surface area contributed by atoms with Crippen molar-refractivity contribution in [3.8, 4) is 17.2 Å². The number of rotatable bonds is 7. The second kappa shape index (κ2) is 23.0. The highest BCUT2D eigenvalue weighted by Crippen LogP contribution is 2.47. The molecule has 14 nitrogen and oxygen atoms in total. The number of nitrogens with one attached hydrogen (secondary N) is 2. The van der Waals surface area contributed by atoms with Crippen molar-refractivity contribution in [2.45, 2.75) is 107 Å². The number of para-hydroxylation sites is 3. The molecular weight excluding hydrogens is 951 g/mol. The molecule has 4 N–H and O–H groups in total. The van der Waals surface area contributed by atoms with Crippen LogP contribution in [0.5, 0.6) is 17.2 Å². The van der Waals surface area contributed by atoms with Crippen LogP contribution in [0.25, 0.3) is 0 Å². The van der Waals surface area contributed by atoms with E-state index in [1.54, 1.807) is 47.9 Å². The van der Waals surface area contributed by atoms with Gasteiger partial charge in [-0.3, -0.25) is 19.8 Å². The molecule has 0 radical (unpaired) electrons. The van der Waals surface area contributed by atoms with E-state index in [1.165, 1.54) is 38.5 Å². The summed E-state index contributed by atoms with van der Waals surface area (Å²) in [5.74, 6) is 0.0135. The number of benzene rings is 5. The van der Waals surface area contributed by atoms with Gasteiger partial charge in [-0.1, -0.05) is 60.7 Å². The summed E-state index contributed by atoms with van der Waals surface area (Å²) in [5, 5.41) is 23.1. The van der Waals surface area contributed by atoms with Gasteiger partial charge in [0.25, 0.3) is 5.91 Å². The van der Waals surface area contributed by atoms with Crippen LogP contribution in [-0.2, 0) is 35.4 Å². The van der Waals surface area contributed by atoms with Crippen LogP contribution < -0.4 is 25.0 Å². The number of nitrogens with zero attached hydrogens (tertiary/aromatic N) is 2. The van der Waals surface area contributed by atoms with Gasteiger partial charge in [-0.2, -0.15) is 0 Å². The molecule has 6 aliphatic heterocycles. The summed E-state index contributed by atoms with van der Waals surface area (Å²) >= 11 is 0. The third kappa shape index (κ3) is 11.9. The van der Waals surface area contributed by atoms with E-state index < -0.39 is 23.6 Å². The number of carbonyl (C=O) groups excluding carboxylic acids is 3. The number of fused-ring (bicyclic) bond motifs is 3. The molecule has 0 aliphatic carbocycles. The fourth-order valence-corrected chi connectivity index (χ4v) is 11.3. The van der Waals surface area contributed by atoms with E-state index in [4.69, 9.17) is 28.9 Å². The van der Waals surface area contributed by atoms with Gasteiger partial charge in [-0.05, 0) is 142 Å². The van der Waals surface area contributed by atoms with Crippen LogP contribution in [-0.4, -0.2) is 108 Å². The number of amides is 1. The number of hydrogen-bond donors (Lipinski definition) is 4. The van der Waals surface area contributed by atoms with Crippen LogP contribution in [0.2, 0.25) is 0 Å². The first-order valence-corrected chi connectivity index (χ1v) is 25.7. The highest BCUT2D eigenvalue weighted by Gasteiger charge is 2.45.